The fourth-order valence-corrected chi connectivity index (χ4v) is 4.16. The quantitative estimate of drug-likeness (QED) is 0.271. The summed E-state index contributed by atoms with van der Waals surface area (Å²) in [5.74, 6) is -0.912. The Morgan fingerprint density at radius 1 is 1.18 bits per heavy atom. The van der Waals surface area contributed by atoms with Crippen LogP contribution in [0.15, 0.2) is 41.8 Å². The average Bonchev–Trinajstić information content (AvgIpc) is 2.82. The second-order valence-corrected chi connectivity index (χ2v) is 8.23. The molecule has 2 heterocycles. The first-order valence-electron chi connectivity index (χ1n) is 10.5. The summed E-state index contributed by atoms with van der Waals surface area (Å²) in [6.45, 7) is 1.18. The van der Waals surface area contributed by atoms with Gasteiger partial charge >= 0.3 is 0 Å². The lowest BCUT2D eigenvalue weighted by Gasteiger charge is -2.32. The van der Waals surface area contributed by atoms with Crippen molar-refractivity contribution in [1.29, 1.82) is 0 Å². The SMILES string of the molecule is CN(C)C(=O)c1ccc(-c2cc(F)cc3c(N4CCC(/C(N)=N/O)CC4)ncnc23)cc1F. The summed E-state index contributed by atoms with van der Waals surface area (Å²) in [5, 5.41) is 12.5. The fourth-order valence-electron chi connectivity index (χ4n) is 4.16. The fraction of sp³-hybridized carbons (Fsp3) is 0.304. The van der Waals surface area contributed by atoms with Crippen LogP contribution in [0.25, 0.3) is 22.0 Å². The van der Waals surface area contributed by atoms with Crippen LogP contribution in [0.4, 0.5) is 14.6 Å². The van der Waals surface area contributed by atoms with E-state index in [0.717, 1.165) is 0 Å². The van der Waals surface area contributed by atoms with Crippen molar-refractivity contribution >= 4 is 28.5 Å². The van der Waals surface area contributed by atoms with Gasteiger partial charge < -0.3 is 20.7 Å². The number of amides is 1. The van der Waals surface area contributed by atoms with Crippen LogP contribution in [0.3, 0.4) is 0 Å². The van der Waals surface area contributed by atoms with Gasteiger partial charge in [-0.05, 0) is 42.7 Å². The molecular formula is C23H24F2N6O2. The van der Waals surface area contributed by atoms with Crippen LogP contribution in [-0.2, 0) is 0 Å². The van der Waals surface area contributed by atoms with Crippen molar-refractivity contribution in [2.24, 2.45) is 16.8 Å². The van der Waals surface area contributed by atoms with Crippen LogP contribution < -0.4 is 10.6 Å². The molecule has 1 fully saturated rings. The van der Waals surface area contributed by atoms with Crippen molar-refractivity contribution in [3.63, 3.8) is 0 Å². The summed E-state index contributed by atoms with van der Waals surface area (Å²) in [4.78, 5) is 24.2. The van der Waals surface area contributed by atoms with Gasteiger partial charge in [-0.2, -0.15) is 0 Å². The van der Waals surface area contributed by atoms with Crippen molar-refractivity contribution in [2.45, 2.75) is 12.8 Å². The third-order valence-electron chi connectivity index (χ3n) is 5.93. The van der Waals surface area contributed by atoms with Gasteiger partial charge in [-0.3, -0.25) is 4.79 Å². The monoisotopic (exact) mass is 454 g/mol. The summed E-state index contributed by atoms with van der Waals surface area (Å²) >= 11 is 0. The Morgan fingerprint density at radius 3 is 2.55 bits per heavy atom. The number of nitrogens with zero attached hydrogens (tertiary/aromatic N) is 5. The highest BCUT2D eigenvalue weighted by Crippen LogP contribution is 2.34. The summed E-state index contributed by atoms with van der Waals surface area (Å²) in [6, 6.07) is 6.85. The number of amidine groups is 1. The molecule has 1 aromatic heterocycles. The maximum absolute atomic E-state index is 14.7. The third kappa shape index (κ3) is 4.28. The lowest BCUT2D eigenvalue weighted by molar-refractivity contribution is 0.0823. The van der Waals surface area contributed by atoms with E-state index in [2.05, 4.69) is 15.1 Å². The normalized spacial score (nSPS) is 15.2. The van der Waals surface area contributed by atoms with Crippen LogP contribution in [0.5, 0.6) is 0 Å². The summed E-state index contributed by atoms with van der Waals surface area (Å²) in [6.07, 6.45) is 2.72. The van der Waals surface area contributed by atoms with E-state index in [1.165, 1.54) is 35.5 Å². The number of aromatic nitrogens is 2. The molecule has 1 aliphatic heterocycles. The number of halogens is 2. The minimum Gasteiger partial charge on any atom is -0.409 e. The van der Waals surface area contributed by atoms with Gasteiger partial charge in [0.05, 0.1) is 11.1 Å². The molecule has 0 spiro atoms. The van der Waals surface area contributed by atoms with Crippen molar-refractivity contribution in [3.8, 4) is 11.1 Å². The van der Waals surface area contributed by atoms with Gasteiger partial charge in [-0.25, -0.2) is 18.7 Å². The molecule has 1 saturated heterocycles. The van der Waals surface area contributed by atoms with Gasteiger partial charge in [0.25, 0.3) is 5.91 Å². The van der Waals surface area contributed by atoms with Gasteiger partial charge in [0.1, 0.15) is 29.6 Å². The number of rotatable bonds is 4. The first kappa shape index (κ1) is 22.4. The predicted octanol–water partition coefficient (Wildman–Crippen LogP) is 3.24. The molecule has 3 aromatic rings. The van der Waals surface area contributed by atoms with E-state index in [0.29, 0.717) is 53.8 Å². The summed E-state index contributed by atoms with van der Waals surface area (Å²) in [5.41, 5.74) is 6.96. The average molecular weight is 454 g/mol. The molecule has 0 saturated carbocycles. The number of carbonyl (C=O) groups excluding carboxylic acids is 1. The van der Waals surface area contributed by atoms with Gasteiger partial charge in [0.15, 0.2) is 0 Å². The number of fused-ring (bicyclic) bond motifs is 1. The van der Waals surface area contributed by atoms with Crippen molar-refractivity contribution in [1.82, 2.24) is 14.9 Å². The maximum Gasteiger partial charge on any atom is 0.256 e. The molecule has 0 unspecified atom stereocenters. The molecule has 10 heteroatoms. The van der Waals surface area contributed by atoms with Crippen LogP contribution in [0, 0.1) is 17.6 Å². The minimum absolute atomic E-state index is 0.0296. The van der Waals surface area contributed by atoms with E-state index in [-0.39, 0.29) is 17.3 Å². The van der Waals surface area contributed by atoms with Crippen molar-refractivity contribution in [2.75, 3.05) is 32.1 Å². The van der Waals surface area contributed by atoms with E-state index in [1.54, 1.807) is 20.2 Å². The first-order valence-corrected chi connectivity index (χ1v) is 10.5. The van der Waals surface area contributed by atoms with Gasteiger partial charge in [0.2, 0.25) is 0 Å². The Labute approximate surface area is 189 Å². The molecule has 0 bridgehead atoms. The number of piperidine rings is 1. The van der Waals surface area contributed by atoms with E-state index >= 15 is 0 Å². The number of carbonyl (C=O) groups is 1. The Hall–Kier alpha value is -3.82. The van der Waals surface area contributed by atoms with Crippen LogP contribution in [-0.4, -0.2) is 59.0 Å². The molecule has 1 amide bonds. The highest BCUT2D eigenvalue weighted by atomic mass is 19.1. The predicted molar refractivity (Wildman–Crippen MR) is 121 cm³/mol. The van der Waals surface area contributed by atoms with Crippen LogP contribution in [0.2, 0.25) is 0 Å². The highest BCUT2D eigenvalue weighted by molar-refractivity contribution is 6.00. The number of benzene rings is 2. The molecule has 8 nitrogen and oxygen atoms in total. The zero-order valence-electron chi connectivity index (χ0n) is 18.3. The molecule has 4 rings (SSSR count). The van der Waals surface area contributed by atoms with Gasteiger partial charge in [-0.1, -0.05) is 11.2 Å². The van der Waals surface area contributed by atoms with E-state index in [4.69, 9.17) is 10.9 Å². The van der Waals surface area contributed by atoms with Crippen LogP contribution in [0.1, 0.15) is 23.2 Å². The lowest BCUT2D eigenvalue weighted by atomic mass is 9.95. The molecule has 2 aromatic carbocycles. The Kier molecular flexibility index (Phi) is 6.08. The van der Waals surface area contributed by atoms with E-state index in [9.17, 15) is 13.6 Å². The van der Waals surface area contributed by atoms with Gasteiger partial charge in [0, 0.05) is 44.1 Å². The number of oxime groups is 1. The zero-order chi connectivity index (χ0) is 23.7. The largest absolute Gasteiger partial charge is 0.409 e. The van der Waals surface area contributed by atoms with Crippen LogP contribution >= 0.6 is 0 Å². The molecule has 172 valence electrons. The molecule has 0 aliphatic carbocycles. The zero-order valence-corrected chi connectivity index (χ0v) is 18.3. The third-order valence-corrected chi connectivity index (χ3v) is 5.93. The number of nitrogens with two attached hydrogens (primary N) is 1. The molecule has 3 N–H and O–H groups in total. The minimum atomic E-state index is -0.692. The molecule has 0 atom stereocenters. The highest BCUT2D eigenvalue weighted by Gasteiger charge is 2.25. The first-order chi connectivity index (χ1) is 15.8. The summed E-state index contributed by atoms with van der Waals surface area (Å²) in [7, 11) is 3.09. The van der Waals surface area contributed by atoms with E-state index < -0.39 is 17.5 Å². The Balaban J connectivity index is 1.74. The second-order valence-electron chi connectivity index (χ2n) is 8.23. The number of anilines is 1. The van der Waals surface area contributed by atoms with E-state index in [1.807, 2.05) is 4.90 Å². The number of hydrogen-bond acceptors (Lipinski definition) is 6. The Bertz CT molecular complexity index is 1240. The summed E-state index contributed by atoms with van der Waals surface area (Å²) < 4.78 is 29.4. The number of hydrogen-bond donors (Lipinski definition) is 2. The second kappa shape index (κ2) is 8.97. The topological polar surface area (TPSA) is 108 Å². The lowest BCUT2D eigenvalue weighted by Crippen LogP contribution is -2.39. The molecule has 33 heavy (non-hydrogen) atoms. The maximum atomic E-state index is 14.7. The van der Waals surface area contributed by atoms with Crippen molar-refractivity contribution in [3.05, 3.63) is 53.9 Å². The standard InChI is InChI=1S/C23H24F2N6O2/c1-30(2)23(32)16-4-3-14(9-19(16)25)17-10-15(24)11-18-20(17)27-12-28-22(18)31-7-5-13(6-8-31)21(26)29-33/h3-4,9-13,33H,5-8H2,1-2H3,(H2,26,29). The molecule has 1 aliphatic rings. The Morgan fingerprint density at radius 2 is 1.91 bits per heavy atom. The molecule has 0 radical (unpaired) electrons. The smallest absolute Gasteiger partial charge is 0.256 e. The van der Waals surface area contributed by atoms with Crippen molar-refractivity contribution < 1.29 is 18.8 Å². The molecular weight excluding hydrogens is 430 g/mol. The van der Waals surface area contributed by atoms with Gasteiger partial charge in [-0.15, -0.1) is 0 Å².